The van der Waals surface area contributed by atoms with E-state index < -0.39 is 19.0 Å². The Hall–Kier alpha value is -5.79. The highest BCUT2D eigenvalue weighted by Gasteiger charge is 2.36. The summed E-state index contributed by atoms with van der Waals surface area (Å²) in [6.45, 7) is 29.1. The number of carbonyl (C=O) groups excluding carboxylic acids is 4. The molecule has 4 amide bonds. The van der Waals surface area contributed by atoms with Gasteiger partial charge in [-0.1, -0.05) is 97.4 Å². The average molecular weight is 1060 g/mol. The molecule has 2 aliphatic heterocycles. The van der Waals surface area contributed by atoms with E-state index in [0.717, 1.165) is 93.0 Å². The normalized spacial score (nSPS) is 11.0. The fourth-order valence-corrected chi connectivity index (χ4v) is 4.45. The fraction of sp³-hybridized carbons (Fsp3) is 0.519. The van der Waals surface area contributed by atoms with Gasteiger partial charge < -0.3 is 26.5 Å². The second kappa shape index (κ2) is 56.5. The molecule has 74 heavy (non-hydrogen) atoms. The van der Waals surface area contributed by atoms with Gasteiger partial charge in [-0.15, -0.1) is 10.1 Å². The Kier molecular flexibility index (Phi) is 57.1. The maximum absolute atomic E-state index is 11.8. The Bertz CT molecular complexity index is 1790. The first-order chi connectivity index (χ1) is 36.0. The van der Waals surface area contributed by atoms with Crippen molar-refractivity contribution in [3.63, 3.8) is 0 Å². The fourth-order valence-electron chi connectivity index (χ4n) is 4.45. The molecule has 20 nitrogen and oxygen atoms in total. The number of hydroxylamine groups is 6. The van der Waals surface area contributed by atoms with Crippen LogP contribution in [0, 0.1) is 0 Å². The Morgan fingerprint density at radius 3 is 1.30 bits per heavy atom. The summed E-state index contributed by atoms with van der Waals surface area (Å²) in [5, 5.41) is 29.9. The third-order valence-corrected chi connectivity index (χ3v) is 8.18. The Labute approximate surface area is 442 Å². The van der Waals surface area contributed by atoms with Crippen LogP contribution >= 0.6 is 0 Å². The van der Waals surface area contributed by atoms with Gasteiger partial charge in [0.1, 0.15) is 0 Å². The molecule has 3 heterocycles. The van der Waals surface area contributed by atoms with Crippen molar-refractivity contribution in [2.75, 3.05) is 67.1 Å². The van der Waals surface area contributed by atoms with Crippen LogP contribution < -0.4 is 28.3 Å². The van der Waals surface area contributed by atoms with Crippen molar-refractivity contribution >= 4 is 29.3 Å². The molecule has 0 spiro atoms. The number of allylic oxidation sites excluding steroid dienone is 3. The largest absolute Gasteiger partial charge is 0.396 e. The zero-order chi connectivity index (χ0) is 58.2. The van der Waals surface area contributed by atoms with E-state index >= 15 is 0 Å². The maximum Gasteiger partial charge on any atom is 0.285 e. The van der Waals surface area contributed by atoms with Crippen LogP contribution in [0.25, 0.3) is 5.70 Å². The number of alkyl halides is 2. The predicted octanol–water partition coefficient (Wildman–Crippen LogP) is 8.49. The van der Waals surface area contributed by atoms with E-state index in [0.29, 0.717) is 57.8 Å². The summed E-state index contributed by atoms with van der Waals surface area (Å²) >= 11 is 0. The van der Waals surface area contributed by atoms with E-state index in [1.807, 2.05) is 40.0 Å². The molecule has 0 bridgehead atoms. The van der Waals surface area contributed by atoms with Gasteiger partial charge >= 0.3 is 0 Å². The number of rotatable bonds is 22. The van der Waals surface area contributed by atoms with Gasteiger partial charge in [0, 0.05) is 44.1 Å². The van der Waals surface area contributed by atoms with Gasteiger partial charge in [-0.25, -0.2) is 10.6 Å². The van der Waals surface area contributed by atoms with Crippen molar-refractivity contribution < 1.29 is 65.5 Å². The number of aliphatic hydroxyl groups is 2. The van der Waals surface area contributed by atoms with E-state index in [9.17, 15) is 28.0 Å². The minimum absolute atomic E-state index is 0. The molecule has 2 aliphatic rings. The van der Waals surface area contributed by atoms with Crippen molar-refractivity contribution in [1.29, 1.82) is 0 Å². The SMILES string of the molecule is C=C(C)NOCCCC.C=C(C)NOCCCN.C=C(C)n1cccn1.CCCCO.CCCCON.CCCCON1C(=O)c2ccccc2C1=O.CF.NCCCO.O=C1c2ccccc2C(=O)N1O.[2H]CF.[3HH]. The number of fused-ring (bicyclic) bond motifs is 2. The zero-order valence-electron chi connectivity index (χ0n) is 46.3. The molecular formula is C52H93F2N9O11. The van der Waals surface area contributed by atoms with Crippen LogP contribution in [0.4, 0.5) is 8.78 Å². The van der Waals surface area contributed by atoms with Crippen LogP contribution in [0.5, 0.6) is 0 Å². The summed E-state index contributed by atoms with van der Waals surface area (Å²) in [6.07, 6.45) is 13.5. The first kappa shape index (κ1) is 74.7. The Morgan fingerprint density at radius 1 is 0.649 bits per heavy atom. The van der Waals surface area contributed by atoms with Crippen LogP contribution in [0.2, 0.25) is 0 Å². The molecule has 0 unspecified atom stereocenters. The lowest BCUT2D eigenvalue weighted by Gasteiger charge is -2.12. The highest BCUT2D eigenvalue weighted by atomic mass is 19.1. The van der Waals surface area contributed by atoms with Crippen molar-refractivity contribution in [2.45, 2.75) is 113 Å². The number of hydrogen-bond acceptors (Lipinski definition) is 17. The predicted molar refractivity (Wildman–Crippen MR) is 290 cm³/mol. The van der Waals surface area contributed by atoms with Gasteiger partial charge in [-0.3, -0.25) is 58.6 Å². The van der Waals surface area contributed by atoms with E-state index in [2.05, 4.69) is 61.4 Å². The monoisotopic (exact) mass is 1060 g/mol. The third kappa shape index (κ3) is 40.7. The molecule has 0 saturated carbocycles. The molecule has 5 rings (SSSR count). The number of nitrogens with two attached hydrogens (primary N) is 3. The lowest BCUT2D eigenvalue weighted by atomic mass is 10.1. The summed E-state index contributed by atoms with van der Waals surface area (Å²) < 4.78 is 26.7. The first-order valence-electron chi connectivity index (χ1n) is 24.8. The number of nitrogens with zero attached hydrogens (tertiary/aromatic N) is 4. The van der Waals surface area contributed by atoms with Crippen LogP contribution in [0.1, 0.15) is 157 Å². The highest BCUT2D eigenvalue weighted by molar-refractivity contribution is 6.21. The van der Waals surface area contributed by atoms with Gasteiger partial charge in [0.25, 0.3) is 23.6 Å². The smallest absolute Gasteiger partial charge is 0.285 e. The number of amides is 4. The number of unbranched alkanes of at least 4 members (excludes halogenated alkanes) is 4. The van der Waals surface area contributed by atoms with Crippen LogP contribution in [0.15, 0.2) is 98.1 Å². The van der Waals surface area contributed by atoms with Gasteiger partial charge in [0.2, 0.25) is 0 Å². The second-order valence-corrected chi connectivity index (χ2v) is 14.9. The summed E-state index contributed by atoms with van der Waals surface area (Å²) in [5.41, 5.74) is 19.5. The number of nitrogens with one attached hydrogen (secondary N) is 2. The van der Waals surface area contributed by atoms with Crippen LogP contribution in [0.3, 0.4) is 0 Å². The number of carbonyl (C=O) groups is 4. The molecule has 11 N–H and O–H groups in total. The van der Waals surface area contributed by atoms with Crippen molar-refractivity contribution in [3.8, 4) is 0 Å². The lowest BCUT2D eigenvalue weighted by Crippen LogP contribution is -2.30. The number of hydrogen-bond donors (Lipinski definition) is 8. The molecule has 0 radical (unpaired) electrons. The molecule has 426 valence electrons. The highest BCUT2D eigenvalue weighted by Crippen LogP contribution is 2.23. The molecule has 22 heteroatoms. The second-order valence-electron chi connectivity index (χ2n) is 14.9. The minimum atomic E-state index is -1.00. The summed E-state index contributed by atoms with van der Waals surface area (Å²) in [7, 11) is -0.500. The standard InChI is InChI=1S/C12H13NO3.C8H5NO3.C7H15NO.C6H14N2O.C6H8N2.C4H11NO.C4H10O.C3H9NO.2CH3F.H2/c1-2-3-8-16-13-11(14)9-6-4-5-7-10(9)12(13)15;10-7-5-3-1-2-4-6(5)8(11)9(7)12;1-4-5-6-9-8-7(2)3;1-6(2)8-9-5-3-4-7;1-6(2)8-5-3-4-7-8;1-2-3-4-6-5;1-2-3-4-5;4-2-1-3-5;2*1-2;/h4-7H,2-3,8H2,1H3;1-4,12H;8H,2,4-6H2,1,3H3;8H,1,3-5,7H2,2H3;3-5H,1H2,2H3;2-5H2,1H3;5H,2-4H2,1H3;5H,1-4H2;2*1H3;1H/i;;;;;;;;1D;;1+2. The Balaban J connectivity index is -0.000000187. The third-order valence-electron chi connectivity index (χ3n) is 8.18. The molecule has 0 aliphatic carbocycles. The number of aromatic nitrogens is 2. The molecule has 2 aromatic carbocycles. The maximum atomic E-state index is 11.8. The topological polar surface area (TPSA) is 292 Å². The molecule has 3 aromatic rings. The van der Waals surface area contributed by atoms with Crippen molar-refractivity contribution in [1.82, 2.24) is 30.9 Å². The number of imide groups is 2. The van der Waals surface area contributed by atoms with E-state index in [1.165, 1.54) is 12.1 Å². The van der Waals surface area contributed by atoms with Crippen LogP contribution in [-0.4, -0.2) is 126 Å². The van der Waals surface area contributed by atoms with E-state index in [-0.39, 0.29) is 36.0 Å². The summed E-state index contributed by atoms with van der Waals surface area (Å²) in [4.78, 5) is 65.0. The molecule has 0 fully saturated rings. The first-order valence-corrected chi connectivity index (χ1v) is 24.1. The summed E-state index contributed by atoms with van der Waals surface area (Å²) in [5.74, 6) is 2.67. The molecule has 0 saturated heterocycles. The average Bonchev–Trinajstić information content (AvgIpc) is 4.10. The summed E-state index contributed by atoms with van der Waals surface area (Å²) in [6, 6.07) is 14.9. The molecule has 0 atom stereocenters. The van der Waals surface area contributed by atoms with Crippen molar-refractivity contribution in [2.24, 2.45) is 17.4 Å². The number of benzene rings is 2. The van der Waals surface area contributed by atoms with Gasteiger partial charge in [0.15, 0.2) is 0 Å². The number of aliphatic hydroxyl groups excluding tert-OH is 2. The van der Waals surface area contributed by atoms with Gasteiger partial charge in [-0.2, -0.15) is 5.10 Å². The van der Waals surface area contributed by atoms with Crippen LogP contribution in [-0.2, 0) is 19.4 Å². The van der Waals surface area contributed by atoms with E-state index in [4.69, 9.17) is 48.7 Å². The van der Waals surface area contributed by atoms with Gasteiger partial charge in [-0.05, 0) is 103 Å². The zero-order valence-corrected chi connectivity index (χ0v) is 45.3. The lowest BCUT2D eigenvalue weighted by molar-refractivity contribution is -0.0920. The van der Waals surface area contributed by atoms with E-state index in [1.54, 1.807) is 47.3 Å². The quantitative estimate of drug-likeness (QED) is 0.0202. The Morgan fingerprint density at radius 2 is 1.03 bits per heavy atom. The minimum Gasteiger partial charge on any atom is -0.396 e. The van der Waals surface area contributed by atoms with Gasteiger partial charge in [0.05, 0.1) is 64.4 Å². The molecule has 1 aromatic heterocycles. The van der Waals surface area contributed by atoms with Crippen molar-refractivity contribution in [3.05, 3.63) is 120 Å². The molecular weight excluding hydrogens is 965 g/mol. The number of halogens is 2.